The lowest BCUT2D eigenvalue weighted by molar-refractivity contribution is 0.0821. The van der Waals surface area contributed by atoms with Gasteiger partial charge in [0.15, 0.2) is 0 Å². The molecule has 4 heterocycles. The number of halogens is 2. The van der Waals surface area contributed by atoms with Crippen molar-refractivity contribution in [3.8, 4) is 5.88 Å². The predicted octanol–water partition coefficient (Wildman–Crippen LogP) is 5.12. The zero-order chi connectivity index (χ0) is 21.5. The van der Waals surface area contributed by atoms with E-state index in [1.54, 1.807) is 18.5 Å². The smallest absolute Gasteiger partial charge is 0.236 e. The van der Waals surface area contributed by atoms with Crippen LogP contribution in [0.1, 0.15) is 42.9 Å². The largest absolute Gasteiger partial charge is 0.473 e. The van der Waals surface area contributed by atoms with Gasteiger partial charge in [0.25, 0.3) is 0 Å². The molecule has 0 amide bonds. The molecule has 2 saturated heterocycles. The molecule has 0 aliphatic carbocycles. The highest BCUT2D eigenvalue weighted by atomic mass is 35.5. The summed E-state index contributed by atoms with van der Waals surface area (Å²) in [6, 6.07) is 9.93. The van der Waals surface area contributed by atoms with Gasteiger partial charge in [-0.1, -0.05) is 23.7 Å². The Balaban J connectivity index is 0.000000193. The van der Waals surface area contributed by atoms with Crippen molar-refractivity contribution in [2.75, 3.05) is 26.3 Å². The quantitative estimate of drug-likeness (QED) is 0.528. The molecule has 1 aromatic carbocycles. The molecule has 1 N–H and O–H groups in total. The van der Waals surface area contributed by atoms with E-state index in [4.69, 9.17) is 21.1 Å². The van der Waals surface area contributed by atoms with E-state index in [0.29, 0.717) is 11.1 Å². The first kappa shape index (κ1) is 24.6. The van der Waals surface area contributed by atoms with Crippen LogP contribution in [0, 0.1) is 6.92 Å². The van der Waals surface area contributed by atoms with Crippen LogP contribution >= 0.6 is 24.0 Å². The third-order valence-electron chi connectivity index (χ3n) is 5.68. The molecule has 0 spiro atoms. The van der Waals surface area contributed by atoms with Gasteiger partial charge >= 0.3 is 0 Å². The fourth-order valence-electron chi connectivity index (χ4n) is 3.95. The zero-order valence-corrected chi connectivity index (χ0v) is 19.9. The molecule has 8 heteroatoms. The number of ether oxygens (including phenoxy) is 2. The fourth-order valence-corrected chi connectivity index (χ4v) is 4.11. The van der Waals surface area contributed by atoms with Crippen LogP contribution in [0.25, 0.3) is 10.9 Å². The van der Waals surface area contributed by atoms with Crippen molar-refractivity contribution >= 4 is 34.9 Å². The standard InChI is InChI=1S/C14H21N3O2.C10H8ClN.ClH/c1-5-15-6-2-12(1)19-14-13(16-7-8-17-14)11-3-9-18-10-4-11;1-7-2-3-8-4-5-10(11)12-9(8)6-7;/h7-8,11-12,15H,1-6,9-10H2;2-6H,1H3;1H. The van der Waals surface area contributed by atoms with Gasteiger partial charge in [-0.05, 0) is 69.5 Å². The van der Waals surface area contributed by atoms with E-state index in [0.717, 1.165) is 74.5 Å². The number of nitrogens with one attached hydrogen (secondary N) is 1. The third kappa shape index (κ3) is 6.75. The average Bonchev–Trinajstić information content (AvgIpc) is 2.81. The van der Waals surface area contributed by atoms with Crippen molar-refractivity contribution in [1.29, 1.82) is 0 Å². The van der Waals surface area contributed by atoms with Gasteiger partial charge in [-0.2, -0.15) is 0 Å². The Hall–Kier alpha value is -1.99. The lowest BCUT2D eigenvalue weighted by Crippen LogP contribution is -2.34. The van der Waals surface area contributed by atoms with Crippen LogP contribution in [-0.4, -0.2) is 47.4 Å². The summed E-state index contributed by atoms with van der Waals surface area (Å²) in [4.78, 5) is 13.1. The van der Waals surface area contributed by atoms with E-state index >= 15 is 0 Å². The lowest BCUT2D eigenvalue weighted by atomic mass is 9.96. The summed E-state index contributed by atoms with van der Waals surface area (Å²) in [5.74, 6) is 1.17. The minimum atomic E-state index is 0. The molecule has 0 atom stereocenters. The summed E-state index contributed by atoms with van der Waals surface area (Å²) in [6.07, 6.45) is 7.88. The fraction of sp³-hybridized carbons (Fsp3) is 0.458. The summed E-state index contributed by atoms with van der Waals surface area (Å²) in [5.41, 5.74) is 3.18. The number of hydrogen-bond acceptors (Lipinski definition) is 6. The number of rotatable bonds is 3. The van der Waals surface area contributed by atoms with Gasteiger partial charge in [0.05, 0.1) is 5.52 Å². The first-order chi connectivity index (χ1) is 15.2. The first-order valence-electron chi connectivity index (χ1n) is 11.0. The molecule has 0 radical (unpaired) electrons. The molecule has 5 rings (SSSR count). The van der Waals surface area contributed by atoms with E-state index in [1.165, 1.54) is 5.56 Å². The van der Waals surface area contributed by atoms with Crippen molar-refractivity contribution in [3.63, 3.8) is 0 Å². The van der Waals surface area contributed by atoms with Gasteiger partial charge in [0.1, 0.15) is 17.0 Å². The minimum Gasteiger partial charge on any atom is -0.473 e. The van der Waals surface area contributed by atoms with Crippen LogP contribution in [0.15, 0.2) is 42.7 Å². The Morgan fingerprint density at radius 2 is 1.72 bits per heavy atom. The second-order valence-corrected chi connectivity index (χ2v) is 8.42. The molecule has 2 aliphatic rings. The number of hydrogen-bond donors (Lipinski definition) is 1. The van der Waals surface area contributed by atoms with Gasteiger partial charge in [-0.3, -0.25) is 4.98 Å². The van der Waals surface area contributed by atoms with Gasteiger partial charge in [0, 0.05) is 36.9 Å². The number of aromatic nitrogens is 3. The number of nitrogens with zero attached hydrogens (tertiary/aromatic N) is 3. The average molecular weight is 477 g/mol. The summed E-state index contributed by atoms with van der Waals surface area (Å²) < 4.78 is 11.5. The normalized spacial score (nSPS) is 17.2. The van der Waals surface area contributed by atoms with Crippen LogP contribution in [0.2, 0.25) is 5.15 Å². The zero-order valence-electron chi connectivity index (χ0n) is 18.3. The van der Waals surface area contributed by atoms with E-state index in [-0.39, 0.29) is 18.5 Å². The summed E-state index contributed by atoms with van der Waals surface area (Å²) in [5, 5.41) is 5.02. The SMILES string of the molecule is Cc1ccc2ccc(Cl)nc2c1.Cl.c1cnc(C2CCOCC2)c(OC2CCNCC2)n1. The summed E-state index contributed by atoms with van der Waals surface area (Å²) in [6.45, 7) is 5.72. The van der Waals surface area contributed by atoms with E-state index in [1.807, 2.05) is 25.1 Å². The van der Waals surface area contributed by atoms with Crippen LogP contribution in [0.5, 0.6) is 5.88 Å². The highest BCUT2D eigenvalue weighted by molar-refractivity contribution is 6.29. The van der Waals surface area contributed by atoms with Crippen LogP contribution < -0.4 is 10.1 Å². The van der Waals surface area contributed by atoms with Gasteiger partial charge < -0.3 is 14.8 Å². The summed E-state index contributed by atoms with van der Waals surface area (Å²) >= 11 is 5.76. The van der Waals surface area contributed by atoms with Crippen LogP contribution in [0.3, 0.4) is 0 Å². The van der Waals surface area contributed by atoms with Crippen molar-refractivity contribution in [1.82, 2.24) is 20.3 Å². The number of pyridine rings is 1. The molecule has 172 valence electrons. The highest BCUT2D eigenvalue weighted by Gasteiger charge is 2.24. The lowest BCUT2D eigenvalue weighted by Gasteiger charge is -2.26. The van der Waals surface area contributed by atoms with Crippen molar-refractivity contribution in [3.05, 3.63) is 59.1 Å². The van der Waals surface area contributed by atoms with Crippen LogP contribution in [0.4, 0.5) is 0 Å². The maximum absolute atomic E-state index is 6.09. The van der Waals surface area contributed by atoms with Crippen molar-refractivity contribution in [2.45, 2.75) is 44.6 Å². The molecule has 2 aromatic heterocycles. The van der Waals surface area contributed by atoms with Crippen LogP contribution in [-0.2, 0) is 4.74 Å². The number of benzene rings is 1. The Bertz CT molecular complexity index is 956. The van der Waals surface area contributed by atoms with Crippen molar-refractivity contribution in [2.24, 2.45) is 0 Å². The maximum Gasteiger partial charge on any atom is 0.236 e. The van der Waals surface area contributed by atoms with Gasteiger partial charge in [-0.25, -0.2) is 9.97 Å². The molecule has 2 aliphatic heterocycles. The topological polar surface area (TPSA) is 69.2 Å². The van der Waals surface area contributed by atoms with E-state index in [2.05, 4.69) is 26.3 Å². The highest BCUT2D eigenvalue weighted by Crippen LogP contribution is 2.31. The maximum atomic E-state index is 6.09. The number of fused-ring (bicyclic) bond motifs is 1. The molecule has 32 heavy (non-hydrogen) atoms. The molecular weight excluding hydrogens is 447 g/mol. The Morgan fingerprint density at radius 3 is 2.50 bits per heavy atom. The third-order valence-corrected chi connectivity index (χ3v) is 5.89. The van der Waals surface area contributed by atoms with Gasteiger partial charge in [0.2, 0.25) is 5.88 Å². The Labute approximate surface area is 200 Å². The molecule has 3 aromatic rings. The second-order valence-electron chi connectivity index (χ2n) is 8.03. The monoisotopic (exact) mass is 476 g/mol. The van der Waals surface area contributed by atoms with E-state index < -0.39 is 0 Å². The Morgan fingerprint density at radius 1 is 1.00 bits per heavy atom. The molecule has 0 unspecified atom stereocenters. The predicted molar refractivity (Wildman–Crippen MR) is 130 cm³/mol. The molecule has 0 saturated carbocycles. The molecular formula is C24H30Cl2N4O2. The second kappa shape index (κ2) is 12.3. The van der Waals surface area contributed by atoms with Gasteiger partial charge in [-0.15, -0.1) is 12.4 Å². The minimum absolute atomic E-state index is 0. The number of aryl methyl sites for hydroxylation is 1. The van der Waals surface area contributed by atoms with E-state index in [9.17, 15) is 0 Å². The number of piperidine rings is 1. The van der Waals surface area contributed by atoms with Crippen molar-refractivity contribution < 1.29 is 9.47 Å². The summed E-state index contributed by atoms with van der Waals surface area (Å²) in [7, 11) is 0. The molecule has 2 fully saturated rings. The molecule has 6 nitrogen and oxygen atoms in total. The molecule has 0 bridgehead atoms. The Kier molecular flexibility index (Phi) is 9.48. The first-order valence-corrected chi connectivity index (χ1v) is 11.4.